The van der Waals surface area contributed by atoms with Gasteiger partial charge >= 0.3 is 7.60 Å². The first-order valence-corrected chi connectivity index (χ1v) is 12.2. The number of amides is 1. The van der Waals surface area contributed by atoms with Gasteiger partial charge < -0.3 is 18.5 Å². The summed E-state index contributed by atoms with van der Waals surface area (Å²) in [6.07, 6.45) is 1.03. The molecule has 0 aliphatic rings. The van der Waals surface area contributed by atoms with E-state index in [-0.39, 0.29) is 19.8 Å². The Kier molecular flexibility index (Phi) is 10.5. The van der Waals surface area contributed by atoms with Crippen LogP contribution in [0, 0.1) is 0 Å². The van der Waals surface area contributed by atoms with Crippen LogP contribution >= 0.6 is 30.8 Å². The minimum atomic E-state index is -3.49. The smallest absolute Gasteiger partial charge is 0.340 e. The van der Waals surface area contributed by atoms with Crippen LogP contribution in [0.1, 0.15) is 25.0 Å². The summed E-state index contributed by atoms with van der Waals surface area (Å²) < 4.78 is 33.8. The number of nitrogens with zero attached hydrogens (tertiary/aromatic N) is 1. The number of ether oxygens (including phenoxy) is 2. The van der Waals surface area contributed by atoms with Crippen molar-refractivity contribution in [3.8, 4) is 11.5 Å². The Morgan fingerprint density at radius 1 is 1.09 bits per heavy atom. The highest BCUT2D eigenvalue weighted by Crippen LogP contribution is 2.47. The molecule has 11 heteroatoms. The number of benzene rings is 2. The fourth-order valence-corrected chi connectivity index (χ4v) is 4.58. The molecule has 1 amide bonds. The molecular weight excluding hydrogens is 478 g/mol. The van der Waals surface area contributed by atoms with E-state index in [9.17, 15) is 9.36 Å². The van der Waals surface area contributed by atoms with Crippen molar-refractivity contribution in [2.24, 2.45) is 5.10 Å². The molecule has 2 aromatic rings. The molecule has 1 N–H and O–H groups in total. The number of carbonyl (C=O) groups excluding carboxylic acids is 1. The molecule has 0 radical (unpaired) electrons. The molecule has 0 saturated carbocycles. The first-order valence-electron chi connectivity index (χ1n) is 9.75. The zero-order valence-electron chi connectivity index (χ0n) is 18.0. The van der Waals surface area contributed by atoms with Gasteiger partial charge in [0.15, 0.2) is 0 Å². The zero-order chi connectivity index (χ0) is 23.6. The molecule has 0 aliphatic carbocycles. The third-order valence-corrected chi connectivity index (χ3v) is 6.48. The van der Waals surface area contributed by atoms with Crippen LogP contribution in [0.15, 0.2) is 41.5 Å². The lowest BCUT2D eigenvalue weighted by atomic mass is 10.1. The Morgan fingerprint density at radius 2 is 1.78 bits per heavy atom. The number of nitrogens with one attached hydrogen (secondary N) is 1. The zero-order valence-corrected chi connectivity index (χ0v) is 20.4. The molecule has 0 atom stereocenters. The van der Waals surface area contributed by atoms with Gasteiger partial charge in [-0.2, -0.15) is 5.10 Å². The normalized spacial score (nSPS) is 11.5. The molecule has 0 aromatic heterocycles. The largest absolute Gasteiger partial charge is 0.496 e. The van der Waals surface area contributed by atoms with Gasteiger partial charge in [-0.05, 0) is 55.8 Å². The number of hydrogen-bond donors (Lipinski definition) is 1. The number of rotatable bonds is 12. The van der Waals surface area contributed by atoms with E-state index in [0.29, 0.717) is 27.1 Å². The second-order valence-electron chi connectivity index (χ2n) is 6.33. The molecular formula is C21H25Cl2N2O6P. The van der Waals surface area contributed by atoms with Crippen molar-refractivity contribution in [1.29, 1.82) is 0 Å². The van der Waals surface area contributed by atoms with Crippen LogP contribution in [0.4, 0.5) is 0 Å². The standard InChI is InChI=1S/C21H25Cl2N2O6P/c1-4-30-32(27,31-5-2)14-21(26)25-24-12-15-6-8-19(28-3)16(10-15)13-29-20-9-7-17(22)11-18(20)23/h6-12H,4-5,13-14H2,1-3H3,(H,25,26)/b24-12-. The van der Waals surface area contributed by atoms with E-state index in [0.717, 1.165) is 5.56 Å². The van der Waals surface area contributed by atoms with Crippen molar-refractivity contribution >= 4 is 42.9 Å². The maximum Gasteiger partial charge on any atom is 0.340 e. The van der Waals surface area contributed by atoms with Crippen molar-refractivity contribution in [2.75, 3.05) is 26.5 Å². The Morgan fingerprint density at radius 3 is 2.41 bits per heavy atom. The fraction of sp³-hybridized carbons (Fsp3) is 0.333. The number of methoxy groups -OCH3 is 1. The Balaban J connectivity index is 2.03. The lowest BCUT2D eigenvalue weighted by molar-refractivity contribution is -0.118. The minimum Gasteiger partial charge on any atom is -0.496 e. The quantitative estimate of drug-likeness (QED) is 0.240. The van der Waals surface area contributed by atoms with E-state index < -0.39 is 19.7 Å². The molecule has 2 aromatic carbocycles. The third-order valence-electron chi connectivity index (χ3n) is 3.97. The van der Waals surface area contributed by atoms with E-state index >= 15 is 0 Å². The van der Waals surface area contributed by atoms with Crippen molar-refractivity contribution in [3.63, 3.8) is 0 Å². The van der Waals surface area contributed by atoms with E-state index in [4.69, 9.17) is 41.7 Å². The summed E-state index contributed by atoms with van der Waals surface area (Å²) in [5.74, 6) is 0.518. The van der Waals surface area contributed by atoms with Gasteiger partial charge in [-0.1, -0.05) is 23.2 Å². The summed E-state index contributed by atoms with van der Waals surface area (Å²) in [4.78, 5) is 12.1. The van der Waals surface area contributed by atoms with E-state index in [2.05, 4.69) is 10.5 Å². The molecule has 0 saturated heterocycles. The van der Waals surface area contributed by atoms with Gasteiger partial charge in [0.1, 0.15) is 24.3 Å². The molecule has 0 bridgehead atoms. The van der Waals surface area contributed by atoms with Crippen molar-refractivity contribution in [3.05, 3.63) is 57.6 Å². The monoisotopic (exact) mass is 502 g/mol. The van der Waals surface area contributed by atoms with Crippen LogP contribution in [0.3, 0.4) is 0 Å². The molecule has 0 fully saturated rings. The Labute approximate surface area is 197 Å². The number of hydrogen-bond acceptors (Lipinski definition) is 7. The van der Waals surface area contributed by atoms with Crippen LogP contribution in [0.5, 0.6) is 11.5 Å². The van der Waals surface area contributed by atoms with Crippen LogP contribution in [0.2, 0.25) is 10.0 Å². The van der Waals surface area contributed by atoms with Gasteiger partial charge in [0.25, 0.3) is 5.91 Å². The van der Waals surface area contributed by atoms with Crippen LogP contribution < -0.4 is 14.9 Å². The van der Waals surface area contributed by atoms with Gasteiger partial charge in [-0.25, -0.2) is 5.43 Å². The minimum absolute atomic E-state index is 0.172. The molecule has 32 heavy (non-hydrogen) atoms. The predicted octanol–water partition coefficient (Wildman–Crippen LogP) is 5.30. The summed E-state index contributed by atoms with van der Waals surface area (Å²) in [5.41, 5.74) is 3.75. The summed E-state index contributed by atoms with van der Waals surface area (Å²) in [7, 11) is -1.94. The predicted molar refractivity (Wildman–Crippen MR) is 125 cm³/mol. The van der Waals surface area contributed by atoms with Crippen LogP contribution in [0.25, 0.3) is 0 Å². The number of hydrazone groups is 1. The lowest BCUT2D eigenvalue weighted by Gasteiger charge is -2.15. The third kappa shape index (κ3) is 8.11. The highest BCUT2D eigenvalue weighted by atomic mass is 35.5. The van der Waals surface area contributed by atoms with Gasteiger partial charge in [0.2, 0.25) is 0 Å². The van der Waals surface area contributed by atoms with Gasteiger partial charge in [0.05, 0.1) is 31.6 Å². The van der Waals surface area contributed by atoms with E-state index in [1.807, 2.05) is 0 Å². The first-order chi connectivity index (χ1) is 15.3. The molecule has 2 rings (SSSR count). The van der Waals surface area contributed by atoms with Crippen LogP contribution in [-0.2, 0) is 25.0 Å². The topological polar surface area (TPSA) is 95.5 Å². The second-order valence-corrected chi connectivity index (χ2v) is 9.23. The average Bonchev–Trinajstić information content (AvgIpc) is 2.73. The molecule has 0 aliphatic heterocycles. The van der Waals surface area contributed by atoms with Gasteiger partial charge in [0, 0.05) is 10.6 Å². The molecule has 0 unspecified atom stereocenters. The number of halogens is 2. The van der Waals surface area contributed by atoms with Crippen molar-refractivity contribution < 1.29 is 27.9 Å². The maximum atomic E-state index is 12.4. The first kappa shape index (κ1) is 26.2. The van der Waals surface area contributed by atoms with E-state index in [1.165, 1.54) is 6.21 Å². The summed E-state index contributed by atoms with van der Waals surface area (Å²) in [6.45, 7) is 3.88. The highest BCUT2D eigenvalue weighted by Gasteiger charge is 2.27. The second kappa shape index (κ2) is 12.8. The summed E-state index contributed by atoms with van der Waals surface area (Å²) >= 11 is 12.1. The van der Waals surface area contributed by atoms with Crippen LogP contribution in [-0.4, -0.2) is 38.6 Å². The lowest BCUT2D eigenvalue weighted by Crippen LogP contribution is -2.22. The van der Waals surface area contributed by atoms with Crippen molar-refractivity contribution in [2.45, 2.75) is 20.5 Å². The maximum absolute atomic E-state index is 12.4. The summed E-state index contributed by atoms with van der Waals surface area (Å²) in [5, 5.41) is 4.82. The Hall–Kier alpha value is -2.09. The molecule has 0 spiro atoms. The number of carbonyl (C=O) groups is 1. The SMILES string of the molecule is CCOP(=O)(CC(=O)N/N=C\c1ccc(OC)c(COc2ccc(Cl)cc2Cl)c1)OCC. The average molecular weight is 503 g/mol. The van der Waals surface area contributed by atoms with E-state index in [1.54, 1.807) is 57.4 Å². The fourth-order valence-electron chi connectivity index (χ4n) is 2.65. The molecule has 8 nitrogen and oxygen atoms in total. The van der Waals surface area contributed by atoms with Gasteiger partial charge in [-0.3, -0.25) is 9.36 Å². The van der Waals surface area contributed by atoms with Gasteiger partial charge in [-0.15, -0.1) is 0 Å². The highest BCUT2D eigenvalue weighted by molar-refractivity contribution is 7.54. The van der Waals surface area contributed by atoms with Crippen molar-refractivity contribution in [1.82, 2.24) is 5.43 Å². The molecule has 0 heterocycles. The molecule has 174 valence electrons. The Bertz CT molecular complexity index is 992. The summed E-state index contributed by atoms with van der Waals surface area (Å²) in [6, 6.07) is 10.3.